The third-order valence-corrected chi connectivity index (χ3v) is 2.37. The number of rotatable bonds is 5. The van der Waals surface area contributed by atoms with Crippen LogP contribution in [0.25, 0.3) is 6.08 Å². The Balaban J connectivity index is 3.20. The van der Waals surface area contributed by atoms with E-state index in [0.29, 0.717) is 0 Å². The van der Waals surface area contributed by atoms with E-state index in [2.05, 4.69) is 4.74 Å². The molecule has 0 aliphatic heterocycles. The van der Waals surface area contributed by atoms with Gasteiger partial charge in [-0.3, -0.25) is 0 Å². The second kappa shape index (κ2) is 6.31. The molecule has 0 fully saturated rings. The van der Waals surface area contributed by atoms with E-state index in [1.807, 2.05) is 0 Å². The van der Waals surface area contributed by atoms with Crippen LogP contribution in [0.4, 0.5) is 13.2 Å². The molecule has 0 spiro atoms. The van der Waals surface area contributed by atoms with Gasteiger partial charge in [0.2, 0.25) is 0 Å². The van der Waals surface area contributed by atoms with Crippen LogP contribution in [0.1, 0.15) is 18.9 Å². The lowest BCUT2D eigenvalue weighted by atomic mass is 10.1. The van der Waals surface area contributed by atoms with Gasteiger partial charge in [0.15, 0.2) is 0 Å². The van der Waals surface area contributed by atoms with Gasteiger partial charge in [-0.25, -0.2) is 4.79 Å². The van der Waals surface area contributed by atoms with Gasteiger partial charge in [-0.15, -0.1) is 13.2 Å². The summed E-state index contributed by atoms with van der Waals surface area (Å²) in [5.41, 5.74) is 0.319. The molecule has 0 aromatic heterocycles. The molecular formula is C13H13F3O4. The van der Waals surface area contributed by atoms with Gasteiger partial charge in [0.1, 0.15) is 11.5 Å². The topological polar surface area (TPSA) is 55.8 Å². The molecule has 0 saturated heterocycles. The lowest BCUT2D eigenvalue weighted by Gasteiger charge is -2.11. The molecular weight excluding hydrogens is 277 g/mol. The lowest BCUT2D eigenvalue weighted by molar-refractivity contribution is -0.274. The SMILES string of the molecule is CCC(=Cc1cc(OC)cc(OC(F)(F)F)c1)C(=O)O. The van der Waals surface area contributed by atoms with Crippen LogP contribution in [0.2, 0.25) is 0 Å². The number of carboxylic acid groups (broad SMARTS) is 1. The highest BCUT2D eigenvalue weighted by Gasteiger charge is 2.31. The number of hydrogen-bond donors (Lipinski definition) is 1. The van der Waals surface area contributed by atoms with E-state index in [1.165, 1.54) is 19.3 Å². The zero-order valence-electron chi connectivity index (χ0n) is 10.8. The molecule has 0 bridgehead atoms. The Hall–Kier alpha value is -2.18. The average molecular weight is 290 g/mol. The van der Waals surface area contributed by atoms with Crippen molar-refractivity contribution in [1.82, 2.24) is 0 Å². The summed E-state index contributed by atoms with van der Waals surface area (Å²) in [6, 6.07) is 3.58. The van der Waals surface area contributed by atoms with Crippen molar-refractivity contribution in [2.75, 3.05) is 7.11 Å². The average Bonchev–Trinajstić information content (AvgIpc) is 2.33. The third kappa shape index (κ3) is 4.83. The van der Waals surface area contributed by atoms with Crippen LogP contribution in [0, 0.1) is 0 Å². The van der Waals surface area contributed by atoms with Gasteiger partial charge >= 0.3 is 12.3 Å². The minimum atomic E-state index is -4.83. The van der Waals surface area contributed by atoms with Gasteiger partial charge < -0.3 is 14.6 Å². The molecule has 0 heterocycles. The summed E-state index contributed by atoms with van der Waals surface area (Å²) >= 11 is 0. The van der Waals surface area contributed by atoms with E-state index in [0.717, 1.165) is 12.1 Å². The van der Waals surface area contributed by atoms with Gasteiger partial charge in [-0.1, -0.05) is 6.92 Å². The fourth-order valence-electron chi connectivity index (χ4n) is 1.50. The minimum Gasteiger partial charge on any atom is -0.497 e. The van der Waals surface area contributed by atoms with Crippen molar-refractivity contribution >= 4 is 12.0 Å². The van der Waals surface area contributed by atoms with Gasteiger partial charge in [-0.2, -0.15) is 0 Å². The number of carbonyl (C=O) groups is 1. The molecule has 0 atom stereocenters. The fourth-order valence-corrected chi connectivity index (χ4v) is 1.50. The number of aliphatic carboxylic acids is 1. The predicted octanol–water partition coefficient (Wildman–Crippen LogP) is 3.47. The van der Waals surface area contributed by atoms with Gasteiger partial charge in [-0.05, 0) is 30.2 Å². The predicted molar refractivity (Wildman–Crippen MR) is 65.6 cm³/mol. The maximum Gasteiger partial charge on any atom is 0.573 e. The zero-order valence-corrected chi connectivity index (χ0v) is 10.8. The van der Waals surface area contributed by atoms with E-state index >= 15 is 0 Å². The van der Waals surface area contributed by atoms with Crippen molar-refractivity contribution in [3.63, 3.8) is 0 Å². The summed E-state index contributed by atoms with van der Waals surface area (Å²) in [7, 11) is 1.29. The maximum absolute atomic E-state index is 12.2. The van der Waals surface area contributed by atoms with Crippen molar-refractivity contribution < 1.29 is 32.5 Å². The quantitative estimate of drug-likeness (QED) is 0.844. The molecule has 20 heavy (non-hydrogen) atoms. The van der Waals surface area contributed by atoms with E-state index in [-0.39, 0.29) is 23.3 Å². The van der Waals surface area contributed by atoms with Crippen molar-refractivity contribution in [3.8, 4) is 11.5 Å². The molecule has 1 rings (SSSR count). The Morgan fingerprint density at radius 2 is 1.90 bits per heavy atom. The summed E-state index contributed by atoms with van der Waals surface area (Å²) in [5, 5.41) is 8.91. The molecule has 1 aromatic carbocycles. The number of benzene rings is 1. The second-order valence-electron chi connectivity index (χ2n) is 3.82. The number of carboxylic acids is 1. The summed E-state index contributed by atoms with van der Waals surface area (Å²) in [6.45, 7) is 1.63. The van der Waals surface area contributed by atoms with Gasteiger partial charge in [0, 0.05) is 11.6 Å². The fraction of sp³-hybridized carbons (Fsp3) is 0.308. The number of halogens is 3. The molecule has 110 valence electrons. The zero-order chi connectivity index (χ0) is 15.3. The lowest BCUT2D eigenvalue weighted by Crippen LogP contribution is -2.17. The van der Waals surface area contributed by atoms with Crippen LogP contribution < -0.4 is 9.47 Å². The summed E-state index contributed by atoms with van der Waals surface area (Å²) in [5.74, 6) is -1.46. The Kier molecular flexibility index (Phi) is 5.01. The van der Waals surface area contributed by atoms with Crippen molar-refractivity contribution in [1.29, 1.82) is 0 Å². The minimum absolute atomic E-state index is 0.0659. The summed E-state index contributed by atoms with van der Waals surface area (Å²) in [6.07, 6.45) is -3.32. The van der Waals surface area contributed by atoms with Crippen molar-refractivity contribution in [2.45, 2.75) is 19.7 Å². The van der Waals surface area contributed by atoms with Crippen LogP contribution in [0.3, 0.4) is 0 Å². The normalized spacial score (nSPS) is 12.2. The molecule has 0 unspecified atom stereocenters. The van der Waals surface area contributed by atoms with Crippen LogP contribution in [-0.2, 0) is 4.79 Å². The highest BCUT2D eigenvalue weighted by molar-refractivity contribution is 5.92. The second-order valence-corrected chi connectivity index (χ2v) is 3.82. The summed E-state index contributed by atoms with van der Waals surface area (Å²) in [4.78, 5) is 10.9. The first-order valence-corrected chi connectivity index (χ1v) is 5.64. The molecule has 7 heteroatoms. The van der Waals surface area contributed by atoms with Crippen LogP contribution in [0.15, 0.2) is 23.8 Å². The van der Waals surface area contributed by atoms with E-state index in [1.54, 1.807) is 6.92 Å². The number of alkyl halides is 3. The smallest absolute Gasteiger partial charge is 0.497 e. The third-order valence-electron chi connectivity index (χ3n) is 2.37. The maximum atomic E-state index is 12.2. The van der Waals surface area contributed by atoms with Crippen LogP contribution in [-0.4, -0.2) is 24.5 Å². The Bertz CT molecular complexity index is 521. The van der Waals surface area contributed by atoms with Crippen molar-refractivity contribution in [2.24, 2.45) is 0 Å². The molecule has 0 radical (unpaired) electrons. The molecule has 0 amide bonds. The number of ether oxygens (including phenoxy) is 2. The van der Waals surface area contributed by atoms with Crippen LogP contribution >= 0.6 is 0 Å². The number of methoxy groups -OCH3 is 1. The van der Waals surface area contributed by atoms with E-state index in [9.17, 15) is 18.0 Å². The first-order chi connectivity index (χ1) is 9.25. The Labute approximate surface area is 113 Å². The summed E-state index contributed by atoms with van der Waals surface area (Å²) < 4.78 is 45.2. The van der Waals surface area contributed by atoms with Crippen LogP contribution in [0.5, 0.6) is 11.5 Å². The number of hydrogen-bond acceptors (Lipinski definition) is 3. The molecule has 1 aromatic rings. The van der Waals surface area contributed by atoms with E-state index < -0.39 is 18.1 Å². The molecule has 0 saturated carbocycles. The molecule has 4 nitrogen and oxygen atoms in total. The first-order valence-electron chi connectivity index (χ1n) is 5.64. The Morgan fingerprint density at radius 1 is 1.30 bits per heavy atom. The largest absolute Gasteiger partial charge is 0.573 e. The monoisotopic (exact) mass is 290 g/mol. The highest BCUT2D eigenvalue weighted by atomic mass is 19.4. The van der Waals surface area contributed by atoms with Gasteiger partial charge in [0.05, 0.1) is 7.11 Å². The van der Waals surface area contributed by atoms with Gasteiger partial charge in [0.25, 0.3) is 0 Å². The standard InChI is InChI=1S/C13H13F3O4/c1-3-9(12(17)18)4-8-5-10(19-2)7-11(6-8)20-13(14,15)16/h4-7H,3H2,1-2H3,(H,17,18). The molecule has 1 N–H and O–H groups in total. The Morgan fingerprint density at radius 3 is 2.35 bits per heavy atom. The molecule has 0 aliphatic rings. The van der Waals surface area contributed by atoms with Crippen molar-refractivity contribution in [3.05, 3.63) is 29.3 Å². The molecule has 0 aliphatic carbocycles. The first kappa shape index (κ1) is 15.9. The highest BCUT2D eigenvalue weighted by Crippen LogP contribution is 2.29. The van der Waals surface area contributed by atoms with E-state index in [4.69, 9.17) is 9.84 Å².